The van der Waals surface area contributed by atoms with Crippen molar-refractivity contribution < 1.29 is 28.6 Å². The van der Waals surface area contributed by atoms with Crippen LogP contribution in [0.3, 0.4) is 0 Å². The Balaban J connectivity index is 2.61. The Labute approximate surface area is 145 Å². The van der Waals surface area contributed by atoms with E-state index in [2.05, 4.69) is 5.32 Å². The van der Waals surface area contributed by atoms with E-state index < -0.39 is 23.8 Å². The summed E-state index contributed by atoms with van der Waals surface area (Å²) in [6.07, 6.45) is 2.87. The molecule has 0 saturated carbocycles. The third kappa shape index (κ3) is 3.71. The third-order valence-corrected chi connectivity index (χ3v) is 3.71. The van der Waals surface area contributed by atoms with Crippen LogP contribution >= 0.6 is 0 Å². The second kappa shape index (κ2) is 8.14. The second-order valence-electron chi connectivity index (χ2n) is 5.09. The lowest BCUT2D eigenvalue weighted by Crippen LogP contribution is -2.27. The predicted octanol–water partition coefficient (Wildman–Crippen LogP) is 1.66. The fourth-order valence-electron chi connectivity index (χ4n) is 2.62. The topological polar surface area (TPSA) is 90.9 Å². The minimum Gasteiger partial charge on any atom is -0.466 e. The lowest BCUT2D eigenvalue weighted by molar-refractivity contribution is -0.137. The molecule has 0 aromatic heterocycles. The highest BCUT2D eigenvalue weighted by atomic mass is 16.5. The number of dihydropyridines is 1. The van der Waals surface area contributed by atoms with Gasteiger partial charge in [-0.15, -0.1) is 0 Å². The van der Waals surface area contributed by atoms with Gasteiger partial charge in [0.15, 0.2) is 0 Å². The van der Waals surface area contributed by atoms with Gasteiger partial charge >= 0.3 is 17.9 Å². The van der Waals surface area contributed by atoms with Gasteiger partial charge in [-0.3, -0.25) is 0 Å². The predicted molar refractivity (Wildman–Crippen MR) is 88.5 cm³/mol. The maximum absolute atomic E-state index is 12.3. The number of benzene rings is 1. The van der Waals surface area contributed by atoms with Crippen molar-refractivity contribution in [1.82, 2.24) is 5.32 Å². The normalized spacial score (nSPS) is 13.9. The average molecular weight is 345 g/mol. The molecule has 0 atom stereocenters. The molecule has 0 amide bonds. The van der Waals surface area contributed by atoms with E-state index in [1.165, 1.54) is 26.6 Å². The van der Waals surface area contributed by atoms with Gasteiger partial charge in [0, 0.05) is 12.4 Å². The van der Waals surface area contributed by atoms with Gasteiger partial charge < -0.3 is 19.5 Å². The SMILES string of the molecule is CCOC(=O)c1ccccc1C1C(C(=O)OC)=CNC=C1C(=O)OC. The molecule has 7 nitrogen and oxygen atoms in total. The summed E-state index contributed by atoms with van der Waals surface area (Å²) in [5.41, 5.74) is 1.08. The van der Waals surface area contributed by atoms with Crippen LogP contribution in [0.1, 0.15) is 28.8 Å². The van der Waals surface area contributed by atoms with Crippen molar-refractivity contribution in [3.05, 3.63) is 58.9 Å². The minimum absolute atomic E-state index is 0.183. The maximum Gasteiger partial charge on any atom is 0.338 e. The van der Waals surface area contributed by atoms with Crippen LogP contribution in [0.2, 0.25) is 0 Å². The number of esters is 3. The number of carbonyl (C=O) groups is 3. The zero-order valence-corrected chi connectivity index (χ0v) is 14.2. The lowest BCUT2D eigenvalue weighted by Gasteiger charge is -2.25. The van der Waals surface area contributed by atoms with E-state index in [1.807, 2.05) is 0 Å². The number of carbonyl (C=O) groups excluding carboxylic acids is 3. The number of methoxy groups -OCH3 is 2. The van der Waals surface area contributed by atoms with Crippen molar-refractivity contribution in [2.24, 2.45) is 0 Å². The van der Waals surface area contributed by atoms with Crippen LogP contribution in [0, 0.1) is 0 Å². The van der Waals surface area contributed by atoms with Gasteiger partial charge in [0.2, 0.25) is 0 Å². The molecule has 0 radical (unpaired) electrons. The van der Waals surface area contributed by atoms with Crippen molar-refractivity contribution >= 4 is 17.9 Å². The number of ether oxygens (including phenoxy) is 3. The van der Waals surface area contributed by atoms with Gasteiger partial charge in [0.05, 0.1) is 43.5 Å². The molecular formula is C18H19NO6. The van der Waals surface area contributed by atoms with Crippen LogP contribution < -0.4 is 5.32 Å². The van der Waals surface area contributed by atoms with Gasteiger partial charge in [-0.05, 0) is 18.6 Å². The highest BCUT2D eigenvalue weighted by molar-refractivity contribution is 6.00. The summed E-state index contributed by atoms with van der Waals surface area (Å²) in [7, 11) is 2.49. The zero-order valence-electron chi connectivity index (χ0n) is 14.2. The van der Waals surface area contributed by atoms with E-state index in [4.69, 9.17) is 14.2 Å². The smallest absolute Gasteiger partial charge is 0.338 e. The first-order chi connectivity index (χ1) is 12.0. The fraction of sp³-hybridized carbons (Fsp3) is 0.278. The van der Waals surface area contributed by atoms with E-state index in [9.17, 15) is 14.4 Å². The average Bonchev–Trinajstić information content (AvgIpc) is 2.66. The van der Waals surface area contributed by atoms with Crippen molar-refractivity contribution in [3.63, 3.8) is 0 Å². The molecule has 0 spiro atoms. The molecule has 0 saturated heterocycles. The Bertz CT molecular complexity index is 718. The summed E-state index contributed by atoms with van der Waals surface area (Å²) in [5.74, 6) is -2.59. The molecule has 1 N–H and O–H groups in total. The van der Waals surface area contributed by atoms with Crippen molar-refractivity contribution in [2.75, 3.05) is 20.8 Å². The summed E-state index contributed by atoms with van der Waals surface area (Å²) in [6, 6.07) is 6.64. The molecule has 1 aliphatic rings. The number of rotatable bonds is 5. The van der Waals surface area contributed by atoms with Gasteiger partial charge in [0.1, 0.15) is 0 Å². The highest BCUT2D eigenvalue weighted by Crippen LogP contribution is 2.36. The molecule has 0 unspecified atom stereocenters. The van der Waals surface area contributed by atoms with Crippen LogP contribution in [0.25, 0.3) is 0 Å². The van der Waals surface area contributed by atoms with Crippen molar-refractivity contribution in [2.45, 2.75) is 12.8 Å². The molecule has 0 aliphatic carbocycles. The van der Waals surface area contributed by atoms with Gasteiger partial charge in [-0.1, -0.05) is 18.2 Å². The van der Waals surface area contributed by atoms with Gasteiger partial charge in [0.25, 0.3) is 0 Å². The highest BCUT2D eigenvalue weighted by Gasteiger charge is 2.35. The summed E-state index contributed by atoms with van der Waals surface area (Å²) < 4.78 is 14.7. The molecule has 1 aromatic carbocycles. The summed E-state index contributed by atoms with van der Waals surface area (Å²) in [5, 5.41) is 2.75. The lowest BCUT2D eigenvalue weighted by atomic mass is 9.81. The Morgan fingerprint density at radius 2 is 1.52 bits per heavy atom. The van der Waals surface area contributed by atoms with Crippen LogP contribution in [0.5, 0.6) is 0 Å². The minimum atomic E-state index is -0.818. The summed E-state index contributed by atoms with van der Waals surface area (Å²) >= 11 is 0. The molecule has 1 aromatic rings. The molecule has 1 heterocycles. The fourth-order valence-corrected chi connectivity index (χ4v) is 2.62. The summed E-state index contributed by atoms with van der Waals surface area (Å²) in [6.45, 7) is 1.91. The molecule has 0 fully saturated rings. The first kappa shape index (κ1) is 18.3. The Morgan fingerprint density at radius 1 is 0.960 bits per heavy atom. The van der Waals surface area contributed by atoms with Crippen LogP contribution in [-0.2, 0) is 23.8 Å². The maximum atomic E-state index is 12.3. The monoisotopic (exact) mass is 345 g/mol. The quantitative estimate of drug-likeness (QED) is 0.641. The van der Waals surface area contributed by atoms with Gasteiger partial charge in [-0.2, -0.15) is 0 Å². The van der Waals surface area contributed by atoms with Crippen LogP contribution in [-0.4, -0.2) is 38.7 Å². The molecular weight excluding hydrogens is 326 g/mol. The molecule has 1 aliphatic heterocycles. The van der Waals surface area contributed by atoms with E-state index in [-0.39, 0.29) is 23.3 Å². The van der Waals surface area contributed by atoms with E-state index in [0.29, 0.717) is 5.56 Å². The first-order valence-corrected chi connectivity index (χ1v) is 7.64. The Hall–Kier alpha value is -3.09. The standard InChI is InChI=1S/C18H19NO6/c1-4-25-18(22)12-8-6-5-7-11(12)15-13(16(20)23-2)9-19-10-14(15)17(21)24-3/h5-10,15,19H,4H2,1-3H3. The first-order valence-electron chi connectivity index (χ1n) is 7.64. The number of nitrogens with one attached hydrogen (secondary N) is 1. The number of hydrogen-bond acceptors (Lipinski definition) is 7. The molecule has 0 bridgehead atoms. The van der Waals surface area contributed by atoms with E-state index in [1.54, 1.807) is 31.2 Å². The van der Waals surface area contributed by atoms with Crippen LogP contribution in [0.15, 0.2) is 47.8 Å². The van der Waals surface area contributed by atoms with Crippen molar-refractivity contribution in [1.29, 1.82) is 0 Å². The molecule has 25 heavy (non-hydrogen) atoms. The zero-order chi connectivity index (χ0) is 18.4. The van der Waals surface area contributed by atoms with Crippen LogP contribution in [0.4, 0.5) is 0 Å². The summed E-state index contributed by atoms with van der Waals surface area (Å²) in [4.78, 5) is 36.7. The van der Waals surface area contributed by atoms with E-state index >= 15 is 0 Å². The molecule has 132 valence electrons. The van der Waals surface area contributed by atoms with Crippen molar-refractivity contribution in [3.8, 4) is 0 Å². The third-order valence-electron chi connectivity index (χ3n) is 3.71. The van der Waals surface area contributed by atoms with E-state index in [0.717, 1.165) is 0 Å². The van der Waals surface area contributed by atoms with Gasteiger partial charge in [-0.25, -0.2) is 14.4 Å². The second-order valence-corrected chi connectivity index (χ2v) is 5.09. The number of hydrogen-bond donors (Lipinski definition) is 1. The molecule has 2 rings (SSSR count). The largest absolute Gasteiger partial charge is 0.466 e. The molecule has 7 heteroatoms. The Morgan fingerprint density at radius 3 is 2.04 bits per heavy atom. The Kier molecular flexibility index (Phi) is 5.94.